The van der Waals surface area contributed by atoms with Crippen molar-refractivity contribution in [1.29, 1.82) is 0 Å². The van der Waals surface area contributed by atoms with E-state index < -0.39 is 7.95 Å². The van der Waals surface area contributed by atoms with Crippen LogP contribution in [0, 0.1) is 0 Å². The molecule has 0 saturated carbocycles. The van der Waals surface area contributed by atoms with Crippen molar-refractivity contribution < 1.29 is 89.1 Å². The Labute approximate surface area is 148 Å². The molecule has 0 heterocycles. The molecule has 100 valence electrons. The van der Waals surface area contributed by atoms with Gasteiger partial charge in [0, 0.05) is 19.8 Å². The van der Waals surface area contributed by atoms with Crippen LogP contribution in [-0.2, 0) is 39.5 Å². The smallest absolute Gasteiger partial charge is 1.00 e. The molecule has 0 aliphatic heterocycles. The summed E-state index contributed by atoms with van der Waals surface area (Å²) in [5.41, 5.74) is 0. The van der Waals surface area contributed by atoms with Crippen LogP contribution in [-0.4, -0.2) is 27.8 Å². The summed E-state index contributed by atoms with van der Waals surface area (Å²) < 4.78 is 15.8. The minimum absolute atomic E-state index is 0. The fraction of sp³-hybridized carbons (Fsp3) is 1.00. The molecule has 0 aromatic rings. The van der Waals surface area contributed by atoms with E-state index in [0.29, 0.717) is 19.8 Å². The normalized spacial score (nSPS) is 8.25. The van der Waals surface area contributed by atoms with Crippen LogP contribution in [0.3, 0.4) is 0 Å². The van der Waals surface area contributed by atoms with Gasteiger partial charge in [0.05, 0.1) is 0 Å². The van der Waals surface area contributed by atoms with Crippen molar-refractivity contribution in [2.45, 2.75) is 20.8 Å². The van der Waals surface area contributed by atoms with Crippen LogP contribution in [0.25, 0.3) is 0 Å². The van der Waals surface area contributed by atoms with Gasteiger partial charge in [-0.25, -0.2) is 0 Å². The first-order chi connectivity index (χ1) is 5.18. The summed E-state index contributed by atoms with van der Waals surface area (Å²) >= 11 is 4.23. The average Bonchev–Trinajstić information content (AvgIpc) is 1.88. The first-order valence-corrected chi connectivity index (χ1v) is 6.84. The topological polar surface area (TPSA) is 27.7 Å². The van der Waals surface area contributed by atoms with E-state index in [4.69, 9.17) is 13.3 Å². The van der Waals surface area contributed by atoms with E-state index in [2.05, 4.69) is 12.1 Å². The summed E-state index contributed by atoms with van der Waals surface area (Å²) in [6.45, 7) is 7.43. The van der Waals surface area contributed by atoms with Gasteiger partial charge in [-0.2, -0.15) is 0 Å². The van der Waals surface area contributed by atoms with E-state index in [0.717, 1.165) is 0 Å². The minimum atomic E-state index is -2.55. The molecule has 0 aliphatic carbocycles. The average molecular weight is 429 g/mol. The molecule has 0 atom stereocenters. The van der Waals surface area contributed by atoms with Gasteiger partial charge >= 0.3 is 34.2 Å². The van der Waals surface area contributed by atoms with Crippen molar-refractivity contribution in [1.82, 2.24) is 0 Å². The Kier molecular flexibility index (Phi) is 51.3. The van der Waals surface area contributed by atoms with Crippen molar-refractivity contribution in [3.63, 3.8) is 0 Å². The second kappa shape index (κ2) is 22.7. The summed E-state index contributed by atoms with van der Waals surface area (Å²) in [6, 6.07) is 0. The van der Waals surface area contributed by atoms with E-state index in [1.165, 1.54) is 0 Å². The maximum atomic E-state index is 5.27. The Bertz CT molecular complexity index is 103. The van der Waals surface area contributed by atoms with E-state index >= 15 is 0 Å². The Morgan fingerprint density at radius 3 is 1.06 bits per heavy atom. The summed E-state index contributed by atoms with van der Waals surface area (Å²) in [6.07, 6.45) is 0. The Morgan fingerprint density at radius 1 is 0.750 bits per heavy atom. The van der Waals surface area contributed by atoms with Crippen molar-refractivity contribution >= 4 is 20.0 Å². The van der Waals surface area contributed by atoms with Gasteiger partial charge in [-0.1, -0.05) is 0 Å². The predicted octanol–water partition coefficient (Wildman–Crippen LogP) is -10.5. The van der Waals surface area contributed by atoms with Crippen molar-refractivity contribution in [3.8, 4) is 0 Å². The maximum absolute atomic E-state index is 5.27. The molecule has 0 saturated heterocycles. The number of thiol groups is 1. The van der Waals surface area contributed by atoms with Gasteiger partial charge in [-0.05, 0) is 20.8 Å². The van der Waals surface area contributed by atoms with E-state index in [1.54, 1.807) is 0 Å². The summed E-state index contributed by atoms with van der Waals surface area (Å²) in [5, 5.41) is 0. The molecule has 0 unspecified atom stereocenters. The minimum Gasteiger partial charge on any atom is -1.00 e. The second-order valence-electron chi connectivity index (χ2n) is 1.82. The Balaban J connectivity index is -0.0000000500. The zero-order valence-electron chi connectivity index (χ0n) is 9.31. The van der Waals surface area contributed by atoms with Crippen LogP contribution in [0.4, 0.5) is 0 Å². The van der Waals surface area contributed by atoms with Gasteiger partial charge in [0.25, 0.3) is 0 Å². The molecule has 0 N–H and O–H groups in total. The molecular formula is C6H16Cl4O3SSiZr. The third kappa shape index (κ3) is 18.8. The fourth-order valence-corrected chi connectivity index (χ4v) is 3.18. The Morgan fingerprint density at radius 2 is 0.938 bits per heavy atom. The van der Waals surface area contributed by atoms with Crippen LogP contribution in [0.5, 0.6) is 0 Å². The molecule has 0 radical (unpaired) electrons. The van der Waals surface area contributed by atoms with Crippen molar-refractivity contribution in [3.05, 3.63) is 0 Å². The monoisotopic (exact) mass is 426 g/mol. The number of hydrogen-bond donors (Lipinski definition) is 1. The third-order valence-electron chi connectivity index (χ3n) is 0.980. The number of hydrogen-bond acceptors (Lipinski definition) is 4. The molecule has 0 aromatic heterocycles. The molecule has 0 aliphatic rings. The first-order valence-electron chi connectivity index (χ1n) is 3.82. The molecule has 0 spiro atoms. The zero-order valence-corrected chi connectivity index (χ0v) is 16.7. The fourth-order valence-electron chi connectivity index (χ4n) is 0.672. The summed E-state index contributed by atoms with van der Waals surface area (Å²) in [7, 11) is -2.55. The number of halogens is 4. The molecule has 0 rings (SSSR count). The molecule has 16 heavy (non-hydrogen) atoms. The molecular weight excluding hydrogens is 413 g/mol. The van der Waals surface area contributed by atoms with Crippen molar-refractivity contribution in [2.75, 3.05) is 19.8 Å². The van der Waals surface area contributed by atoms with Gasteiger partial charge in [-0.3, -0.25) is 0 Å². The van der Waals surface area contributed by atoms with Crippen LogP contribution in [0.2, 0.25) is 0 Å². The van der Waals surface area contributed by atoms with Gasteiger partial charge in [0.15, 0.2) is 0 Å². The third-order valence-corrected chi connectivity index (χ3v) is 4.10. The quantitative estimate of drug-likeness (QED) is 0.336. The Hall–Kier alpha value is 2.49. The van der Waals surface area contributed by atoms with Gasteiger partial charge < -0.3 is 62.9 Å². The second-order valence-corrected chi connectivity index (χ2v) is 5.38. The molecule has 0 amide bonds. The molecule has 0 fully saturated rings. The molecule has 0 aromatic carbocycles. The molecule has 3 nitrogen and oxygen atoms in total. The molecule has 0 bridgehead atoms. The van der Waals surface area contributed by atoms with E-state index in [9.17, 15) is 0 Å². The van der Waals surface area contributed by atoms with Crippen LogP contribution < -0.4 is 49.6 Å². The summed E-state index contributed by atoms with van der Waals surface area (Å²) in [5.74, 6) is 0. The van der Waals surface area contributed by atoms with E-state index in [1.807, 2.05) is 20.8 Å². The van der Waals surface area contributed by atoms with E-state index in [-0.39, 0.29) is 75.8 Å². The maximum Gasteiger partial charge on any atom is 4.00 e. The van der Waals surface area contributed by atoms with Gasteiger partial charge in [0.2, 0.25) is 0 Å². The van der Waals surface area contributed by atoms with Gasteiger partial charge in [-0.15, -0.1) is 12.1 Å². The molecule has 10 heteroatoms. The zero-order chi connectivity index (χ0) is 8.74. The van der Waals surface area contributed by atoms with Crippen LogP contribution in [0.15, 0.2) is 0 Å². The predicted molar refractivity (Wildman–Crippen MR) is 49.6 cm³/mol. The summed E-state index contributed by atoms with van der Waals surface area (Å²) in [4.78, 5) is 0. The van der Waals surface area contributed by atoms with Crippen molar-refractivity contribution in [2.24, 2.45) is 0 Å². The number of rotatable bonds is 6. The standard InChI is InChI=1S/C6H16O3SSi.4ClH.Zr/c1-4-7-11(10,8-5-2)9-6-3;;;;;/h10H,4-6H2,1-3H3;4*1H;/q;;;;;+4/p-4. The first kappa shape index (κ1) is 36.3. The van der Waals surface area contributed by atoms with Crippen LogP contribution in [0.1, 0.15) is 20.8 Å². The SMILES string of the molecule is CCO[Si](S)(OCC)OCC.[Cl-].[Cl-].[Cl-].[Cl-].[Zr+4]. The van der Waals surface area contributed by atoms with Crippen LogP contribution >= 0.6 is 12.1 Å². The van der Waals surface area contributed by atoms with Gasteiger partial charge in [0.1, 0.15) is 0 Å². The largest absolute Gasteiger partial charge is 4.00 e.